The smallest absolute Gasteiger partial charge is 0.227 e. The van der Waals surface area contributed by atoms with Gasteiger partial charge in [0.15, 0.2) is 5.82 Å². The van der Waals surface area contributed by atoms with E-state index in [4.69, 9.17) is 9.26 Å². The average Bonchev–Trinajstić information content (AvgIpc) is 3.25. The number of nitrogens with zero attached hydrogens (tertiary/aromatic N) is 3. The minimum Gasteiger partial charge on any atom is -0.381 e. The van der Waals surface area contributed by atoms with Crippen LogP contribution in [0.25, 0.3) is 11.0 Å². The summed E-state index contributed by atoms with van der Waals surface area (Å²) in [6.45, 7) is 5.70. The lowest BCUT2D eigenvalue weighted by atomic mass is 10.1. The van der Waals surface area contributed by atoms with Crippen molar-refractivity contribution in [1.29, 1.82) is 0 Å². The summed E-state index contributed by atoms with van der Waals surface area (Å²) in [5.41, 5.74) is 4.62. The molecule has 1 aliphatic rings. The molecule has 2 aromatic heterocycles. The lowest BCUT2D eigenvalue weighted by Gasteiger charge is -1.97. The molecule has 120 valence electrons. The summed E-state index contributed by atoms with van der Waals surface area (Å²) in [5.74, 6) is 2.67. The molecular weight excluding hydrogens is 292 g/mol. The van der Waals surface area contributed by atoms with Crippen molar-refractivity contribution in [3.8, 4) is 0 Å². The van der Waals surface area contributed by atoms with Gasteiger partial charge in [-0.1, -0.05) is 5.16 Å². The Morgan fingerprint density at radius 1 is 1.17 bits per heavy atom. The van der Waals surface area contributed by atoms with Gasteiger partial charge in [-0.3, -0.25) is 0 Å². The molecule has 0 saturated carbocycles. The third kappa shape index (κ3) is 2.86. The Morgan fingerprint density at radius 3 is 2.87 bits per heavy atom. The van der Waals surface area contributed by atoms with Crippen LogP contribution < -0.4 is 0 Å². The number of aromatic nitrogens is 4. The minimum absolute atomic E-state index is 0.282. The topological polar surface area (TPSA) is 76.8 Å². The second-order valence-corrected chi connectivity index (χ2v) is 6.24. The Balaban J connectivity index is 1.46. The monoisotopic (exact) mass is 312 g/mol. The molecule has 1 N–H and O–H groups in total. The van der Waals surface area contributed by atoms with Crippen LogP contribution in [0.2, 0.25) is 0 Å². The molecule has 0 bridgehead atoms. The second kappa shape index (κ2) is 5.77. The third-order valence-corrected chi connectivity index (χ3v) is 4.50. The van der Waals surface area contributed by atoms with Gasteiger partial charge in [0.1, 0.15) is 5.82 Å². The molecule has 0 amide bonds. The van der Waals surface area contributed by atoms with Crippen LogP contribution >= 0.6 is 0 Å². The number of benzene rings is 1. The van der Waals surface area contributed by atoms with Crippen molar-refractivity contribution in [2.45, 2.75) is 39.0 Å². The predicted molar refractivity (Wildman–Crippen MR) is 85.5 cm³/mol. The van der Waals surface area contributed by atoms with Crippen molar-refractivity contribution in [3.05, 3.63) is 40.8 Å². The molecule has 6 nitrogen and oxygen atoms in total. The first-order valence-electron chi connectivity index (χ1n) is 8.05. The van der Waals surface area contributed by atoms with Crippen LogP contribution in [-0.2, 0) is 17.6 Å². The number of fused-ring (bicyclic) bond motifs is 1. The molecule has 23 heavy (non-hydrogen) atoms. The minimum atomic E-state index is 0.282. The van der Waals surface area contributed by atoms with Gasteiger partial charge in [-0.2, -0.15) is 4.98 Å². The second-order valence-electron chi connectivity index (χ2n) is 6.24. The van der Waals surface area contributed by atoms with Crippen molar-refractivity contribution in [2.24, 2.45) is 0 Å². The van der Waals surface area contributed by atoms with Crippen LogP contribution in [0.5, 0.6) is 0 Å². The molecule has 1 aliphatic heterocycles. The number of hydrogen-bond acceptors (Lipinski definition) is 5. The summed E-state index contributed by atoms with van der Waals surface area (Å²) in [6, 6.07) is 4.27. The molecule has 0 aliphatic carbocycles. The summed E-state index contributed by atoms with van der Waals surface area (Å²) in [7, 11) is 0. The van der Waals surface area contributed by atoms with Gasteiger partial charge in [0.05, 0.1) is 17.6 Å². The molecule has 0 radical (unpaired) electrons. The van der Waals surface area contributed by atoms with Crippen molar-refractivity contribution in [3.63, 3.8) is 0 Å². The van der Waals surface area contributed by atoms with Crippen LogP contribution in [0.3, 0.4) is 0 Å². The standard InChI is InChI=1S/C17H20N4O2/c1-10-7-13-14(8-11(10)2)19-15(18-13)3-4-16-20-17(21-23-16)12-5-6-22-9-12/h7-8,12H,3-6,9H2,1-2H3,(H,18,19). The van der Waals surface area contributed by atoms with E-state index >= 15 is 0 Å². The van der Waals surface area contributed by atoms with E-state index in [1.54, 1.807) is 0 Å². The number of hydrogen-bond donors (Lipinski definition) is 1. The fourth-order valence-corrected chi connectivity index (χ4v) is 2.94. The van der Waals surface area contributed by atoms with Gasteiger partial charge < -0.3 is 14.2 Å². The first kappa shape index (κ1) is 14.4. The molecule has 4 rings (SSSR count). The van der Waals surface area contributed by atoms with Crippen LogP contribution in [0.1, 0.15) is 41.0 Å². The highest BCUT2D eigenvalue weighted by Crippen LogP contribution is 2.23. The molecule has 1 aromatic carbocycles. The zero-order valence-corrected chi connectivity index (χ0v) is 13.4. The number of H-pyrrole nitrogens is 1. The maximum absolute atomic E-state index is 5.37. The highest BCUT2D eigenvalue weighted by molar-refractivity contribution is 5.77. The van der Waals surface area contributed by atoms with E-state index in [9.17, 15) is 0 Å². The lowest BCUT2D eigenvalue weighted by molar-refractivity contribution is 0.192. The number of imidazole rings is 1. The van der Waals surface area contributed by atoms with Crippen molar-refractivity contribution < 1.29 is 9.26 Å². The number of nitrogens with one attached hydrogen (secondary N) is 1. The Hall–Kier alpha value is -2.21. The number of aromatic amines is 1. The molecule has 0 spiro atoms. The summed E-state index contributed by atoms with van der Waals surface area (Å²) >= 11 is 0. The SMILES string of the molecule is Cc1cc2nc(CCc3nc(C4CCOC4)no3)[nH]c2cc1C. The molecular formula is C17H20N4O2. The maximum atomic E-state index is 5.37. The van der Waals surface area contributed by atoms with Gasteiger partial charge in [-0.15, -0.1) is 0 Å². The Kier molecular flexibility index (Phi) is 3.61. The lowest BCUT2D eigenvalue weighted by Crippen LogP contribution is -2.00. The predicted octanol–water partition coefficient (Wildman–Crippen LogP) is 2.85. The highest BCUT2D eigenvalue weighted by atomic mass is 16.5. The van der Waals surface area contributed by atoms with E-state index < -0.39 is 0 Å². The summed E-state index contributed by atoms with van der Waals surface area (Å²) < 4.78 is 10.7. The van der Waals surface area contributed by atoms with Gasteiger partial charge in [0.2, 0.25) is 5.89 Å². The van der Waals surface area contributed by atoms with E-state index in [2.05, 4.69) is 46.1 Å². The fraction of sp³-hybridized carbons (Fsp3) is 0.471. The third-order valence-electron chi connectivity index (χ3n) is 4.50. The van der Waals surface area contributed by atoms with E-state index in [-0.39, 0.29) is 5.92 Å². The Morgan fingerprint density at radius 2 is 2.04 bits per heavy atom. The van der Waals surface area contributed by atoms with E-state index in [1.807, 2.05) is 0 Å². The first-order valence-corrected chi connectivity index (χ1v) is 8.05. The zero-order chi connectivity index (χ0) is 15.8. The quantitative estimate of drug-likeness (QED) is 0.801. The van der Waals surface area contributed by atoms with Gasteiger partial charge in [0.25, 0.3) is 0 Å². The van der Waals surface area contributed by atoms with Crippen molar-refractivity contribution in [1.82, 2.24) is 20.1 Å². The normalized spacial score (nSPS) is 18.1. The van der Waals surface area contributed by atoms with Crippen LogP contribution in [0.15, 0.2) is 16.7 Å². The zero-order valence-electron chi connectivity index (χ0n) is 13.4. The summed E-state index contributed by atoms with van der Waals surface area (Å²) in [4.78, 5) is 12.5. The maximum Gasteiger partial charge on any atom is 0.227 e. The molecule has 3 heterocycles. The molecule has 1 unspecified atom stereocenters. The molecule has 1 fully saturated rings. The largest absolute Gasteiger partial charge is 0.381 e. The van der Waals surface area contributed by atoms with Crippen molar-refractivity contribution in [2.75, 3.05) is 13.2 Å². The molecule has 6 heteroatoms. The van der Waals surface area contributed by atoms with Gasteiger partial charge >= 0.3 is 0 Å². The molecule has 1 atom stereocenters. The average molecular weight is 312 g/mol. The Labute approximate surface area is 134 Å². The van der Waals surface area contributed by atoms with Gasteiger partial charge in [-0.25, -0.2) is 4.98 Å². The van der Waals surface area contributed by atoms with Crippen molar-refractivity contribution >= 4 is 11.0 Å². The van der Waals surface area contributed by atoms with E-state index in [1.165, 1.54) is 11.1 Å². The Bertz CT molecular complexity index is 791. The number of aryl methyl sites for hydroxylation is 4. The van der Waals surface area contributed by atoms with Gasteiger partial charge in [-0.05, 0) is 43.5 Å². The molecule has 3 aromatic rings. The number of rotatable bonds is 4. The van der Waals surface area contributed by atoms with E-state index in [0.29, 0.717) is 18.9 Å². The number of ether oxygens (including phenoxy) is 1. The summed E-state index contributed by atoms with van der Waals surface area (Å²) in [6.07, 6.45) is 2.43. The van der Waals surface area contributed by atoms with Gasteiger partial charge in [0, 0.05) is 25.4 Å². The van der Waals surface area contributed by atoms with Crippen LogP contribution in [0, 0.1) is 13.8 Å². The van der Waals surface area contributed by atoms with E-state index in [0.717, 1.165) is 42.1 Å². The molecule has 1 saturated heterocycles. The van der Waals surface area contributed by atoms with Crippen LogP contribution in [0.4, 0.5) is 0 Å². The summed E-state index contributed by atoms with van der Waals surface area (Å²) in [5, 5.41) is 4.08. The fourth-order valence-electron chi connectivity index (χ4n) is 2.94. The first-order chi connectivity index (χ1) is 11.2. The highest BCUT2D eigenvalue weighted by Gasteiger charge is 2.23. The van der Waals surface area contributed by atoms with Crippen LogP contribution in [-0.4, -0.2) is 33.3 Å².